The SMILES string of the molecule is CCNc1ncnc(N(CC)C(C)CC)c1OC. The second kappa shape index (κ2) is 7.03. The lowest BCUT2D eigenvalue weighted by molar-refractivity contribution is 0.410. The smallest absolute Gasteiger partial charge is 0.204 e. The predicted octanol–water partition coefficient (Wildman–Crippen LogP) is 2.54. The van der Waals surface area contributed by atoms with Crippen molar-refractivity contribution in [1.29, 1.82) is 0 Å². The van der Waals surface area contributed by atoms with E-state index >= 15 is 0 Å². The molecule has 0 spiro atoms. The molecule has 18 heavy (non-hydrogen) atoms. The van der Waals surface area contributed by atoms with Crippen molar-refractivity contribution in [3.8, 4) is 5.75 Å². The molecule has 1 atom stereocenters. The zero-order valence-electron chi connectivity index (χ0n) is 12.0. The van der Waals surface area contributed by atoms with Crippen molar-refractivity contribution in [3.05, 3.63) is 6.33 Å². The van der Waals surface area contributed by atoms with Gasteiger partial charge in [-0.2, -0.15) is 0 Å². The number of anilines is 2. The second-order valence-corrected chi connectivity index (χ2v) is 4.15. The summed E-state index contributed by atoms with van der Waals surface area (Å²) >= 11 is 0. The molecule has 0 fully saturated rings. The first-order chi connectivity index (χ1) is 8.69. The second-order valence-electron chi connectivity index (χ2n) is 4.15. The predicted molar refractivity (Wildman–Crippen MR) is 75.5 cm³/mol. The lowest BCUT2D eigenvalue weighted by Crippen LogP contribution is -2.33. The molecule has 1 aromatic rings. The minimum atomic E-state index is 0.424. The van der Waals surface area contributed by atoms with Crippen LogP contribution in [-0.4, -0.2) is 36.2 Å². The van der Waals surface area contributed by atoms with Gasteiger partial charge in [0.05, 0.1) is 7.11 Å². The van der Waals surface area contributed by atoms with E-state index in [0.29, 0.717) is 6.04 Å². The summed E-state index contributed by atoms with van der Waals surface area (Å²) in [5.74, 6) is 2.34. The number of hydrogen-bond acceptors (Lipinski definition) is 5. The quantitative estimate of drug-likeness (QED) is 0.808. The largest absolute Gasteiger partial charge is 0.490 e. The van der Waals surface area contributed by atoms with Crippen molar-refractivity contribution in [3.63, 3.8) is 0 Å². The number of hydrogen-bond donors (Lipinski definition) is 1. The molecule has 0 aliphatic rings. The summed E-state index contributed by atoms with van der Waals surface area (Å²) in [6.45, 7) is 10.2. The molecular formula is C13H24N4O. The number of methoxy groups -OCH3 is 1. The molecule has 0 radical (unpaired) electrons. The fourth-order valence-electron chi connectivity index (χ4n) is 1.94. The van der Waals surface area contributed by atoms with Crippen LogP contribution < -0.4 is 15.0 Å². The van der Waals surface area contributed by atoms with Crippen molar-refractivity contribution >= 4 is 11.6 Å². The minimum Gasteiger partial charge on any atom is -0.490 e. The molecule has 0 saturated carbocycles. The molecule has 0 aliphatic carbocycles. The lowest BCUT2D eigenvalue weighted by atomic mass is 10.2. The molecule has 1 unspecified atom stereocenters. The van der Waals surface area contributed by atoms with Crippen molar-refractivity contribution < 1.29 is 4.74 Å². The van der Waals surface area contributed by atoms with Crippen LogP contribution in [0.2, 0.25) is 0 Å². The third kappa shape index (κ3) is 3.03. The zero-order chi connectivity index (χ0) is 13.5. The molecule has 0 saturated heterocycles. The number of rotatable bonds is 7. The Bertz CT molecular complexity index is 370. The maximum Gasteiger partial charge on any atom is 0.204 e. The van der Waals surface area contributed by atoms with Gasteiger partial charge >= 0.3 is 0 Å². The lowest BCUT2D eigenvalue weighted by Gasteiger charge is -2.29. The Kier molecular flexibility index (Phi) is 5.68. The van der Waals surface area contributed by atoms with Crippen LogP contribution in [0.1, 0.15) is 34.1 Å². The van der Waals surface area contributed by atoms with Crippen LogP contribution in [0.5, 0.6) is 5.75 Å². The molecule has 1 rings (SSSR count). The first-order valence-corrected chi connectivity index (χ1v) is 6.58. The summed E-state index contributed by atoms with van der Waals surface area (Å²) in [6.07, 6.45) is 2.65. The number of aromatic nitrogens is 2. The number of nitrogens with zero attached hydrogens (tertiary/aromatic N) is 3. The van der Waals surface area contributed by atoms with E-state index in [9.17, 15) is 0 Å². The van der Waals surface area contributed by atoms with Crippen LogP contribution >= 0.6 is 0 Å². The van der Waals surface area contributed by atoms with E-state index in [-0.39, 0.29) is 0 Å². The van der Waals surface area contributed by atoms with Gasteiger partial charge in [0.15, 0.2) is 11.6 Å². The van der Waals surface area contributed by atoms with Crippen LogP contribution in [-0.2, 0) is 0 Å². The van der Waals surface area contributed by atoms with Gasteiger partial charge in [-0.3, -0.25) is 0 Å². The van der Waals surface area contributed by atoms with Crippen LogP contribution in [0.3, 0.4) is 0 Å². The zero-order valence-corrected chi connectivity index (χ0v) is 12.0. The normalized spacial score (nSPS) is 12.1. The highest BCUT2D eigenvalue weighted by atomic mass is 16.5. The van der Waals surface area contributed by atoms with Crippen molar-refractivity contribution in [2.45, 2.75) is 40.2 Å². The van der Waals surface area contributed by atoms with E-state index in [1.54, 1.807) is 13.4 Å². The first-order valence-electron chi connectivity index (χ1n) is 6.58. The summed E-state index contributed by atoms with van der Waals surface area (Å²) in [5, 5.41) is 3.20. The van der Waals surface area contributed by atoms with Crippen LogP contribution in [0.4, 0.5) is 11.6 Å². The average molecular weight is 252 g/mol. The standard InChI is InChI=1S/C13H24N4O/c1-6-10(4)17(8-3)13-11(18-5)12(14-7-2)15-9-16-13/h9-10H,6-8H2,1-5H3,(H,14,15,16). The van der Waals surface area contributed by atoms with Gasteiger partial charge in [0.2, 0.25) is 5.75 Å². The fourth-order valence-corrected chi connectivity index (χ4v) is 1.94. The Morgan fingerprint density at radius 3 is 2.56 bits per heavy atom. The van der Waals surface area contributed by atoms with Gasteiger partial charge < -0.3 is 15.0 Å². The summed E-state index contributed by atoms with van der Waals surface area (Å²) in [5.41, 5.74) is 0. The van der Waals surface area contributed by atoms with Gasteiger partial charge in [-0.05, 0) is 27.2 Å². The van der Waals surface area contributed by atoms with Crippen LogP contribution in [0.25, 0.3) is 0 Å². The van der Waals surface area contributed by atoms with Crippen molar-refractivity contribution in [2.24, 2.45) is 0 Å². The molecule has 0 bridgehead atoms. The molecular weight excluding hydrogens is 228 g/mol. The van der Waals surface area contributed by atoms with E-state index < -0.39 is 0 Å². The van der Waals surface area contributed by atoms with Gasteiger partial charge in [-0.1, -0.05) is 6.92 Å². The topological polar surface area (TPSA) is 50.3 Å². The molecule has 102 valence electrons. The van der Waals surface area contributed by atoms with Crippen molar-refractivity contribution in [1.82, 2.24) is 9.97 Å². The van der Waals surface area contributed by atoms with Gasteiger partial charge in [0, 0.05) is 19.1 Å². The monoisotopic (exact) mass is 252 g/mol. The summed E-state index contributed by atoms with van der Waals surface area (Å²) in [6, 6.07) is 0.424. The fraction of sp³-hybridized carbons (Fsp3) is 0.692. The van der Waals surface area contributed by atoms with Crippen molar-refractivity contribution in [2.75, 3.05) is 30.4 Å². The Balaban J connectivity index is 3.16. The number of ether oxygens (including phenoxy) is 1. The Hall–Kier alpha value is -1.52. The van der Waals surface area contributed by atoms with E-state index in [2.05, 4.69) is 41.0 Å². The molecule has 1 aromatic heterocycles. The Morgan fingerprint density at radius 2 is 2.06 bits per heavy atom. The maximum atomic E-state index is 5.48. The minimum absolute atomic E-state index is 0.424. The third-order valence-corrected chi connectivity index (χ3v) is 3.07. The Morgan fingerprint density at radius 1 is 1.33 bits per heavy atom. The van der Waals surface area contributed by atoms with Gasteiger partial charge in [-0.15, -0.1) is 0 Å². The van der Waals surface area contributed by atoms with E-state index in [1.165, 1.54) is 0 Å². The molecule has 5 heteroatoms. The van der Waals surface area contributed by atoms with Crippen LogP contribution in [0.15, 0.2) is 6.33 Å². The van der Waals surface area contributed by atoms with E-state index in [4.69, 9.17) is 4.74 Å². The summed E-state index contributed by atoms with van der Waals surface area (Å²) in [7, 11) is 1.66. The molecule has 1 N–H and O–H groups in total. The van der Waals surface area contributed by atoms with Gasteiger partial charge in [-0.25, -0.2) is 9.97 Å². The summed E-state index contributed by atoms with van der Waals surface area (Å²) < 4.78 is 5.48. The molecule has 0 amide bonds. The Labute approximate surface area is 110 Å². The molecule has 1 heterocycles. The molecule has 5 nitrogen and oxygen atoms in total. The highest BCUT2D eigenvalue weighted by molar-refractivity contribution is 5.65. The highest BCUT2D eigenvalue weighted by Gasteiger charge is 2.20. The van der Waals surface area contributed by atoms with Crippen LogP contribution in [0, 0.1) is 0 Å². The first kappa shape index (κ1) is 14.5. The third-order valence-electron chi connectivity index (χ3n) is 3.07. The highest BCUT2D eigenvalue weighted by Crippen LogP contribution is 2.33. The summed E-state index contributed by atoms with van der Waals surface area (Å²) in [4.78, 5) is 10.8. The van der Waals surface area contributed by atoms with E-state index in [0.717, 1.165) is 36.9 Å². The maximum absolute atomic E-state index is 5.48. The molecule has 0 aromatic carbocycles. The average Bonchev–Trinajstić information content (AvgIpc) is 2.40. The number of nitrogens with one attached hydrogen (secondary N) is 1. The van der Waals surface area contributed by atoms with Gasteiger partial charge in [0.1, 0.15) is 6.33 Å². The van der Waals surface area contributed by atoms with Gasteiger partial charge in [0.25, 0.3) is 0 Å². The molecule has 0 aliphatic heterocycles. The van der Waals surface area contributed by atoms with E-state index in [1.807, 2.05) is 6.92 Å².